The second kappa shape index (κ2) is 16.4. The van der Waals surface area contributed by atoms with Gasteiger partial charge in [-0.2, -0.15) is 0 Å². The van der Waals surface area contributed by atoms with Crippen molar-refractivity contribution in [2.24, 2.45) is 5.92 Å². The van der Waals surface area contributed by atoms with Crippen LogP contribution >= 0.6 is 0 Å². The molecule has 1 aromatic heterocycles. The number of aromatic nitrogens is 1. The molecule has 0 spiro atoms. The first-order valence-electron chi connectivity index (χ1n) is 19.2. The first-order chi connectivity index (χ1) is 26.6. The van der Waals surface area contributed by atoms with Crippen molar-refractivity contribution in [3.63, 3.8) is 0 Å². The van der Waals surface area contributed by atoms with Crippen LogP contribution in [0.15, 0.2) is 146 Å². The van der Waals surface area contributed by atoms with Gasteiger partial charge in [0.15, 0.2) is 0 Å². The van der Waals surface area contributed by atoms with Crippen LogP contribution in [0.5, 0.6) is 0 Å². The van der Waals surface area contributed by atoms with Crippen molar-refractivity contribution < 1.29 is 9.59 Å². The highest BCUT2D eigenvalue weighted by atomic mass is 16.2. The Labute approximate surface area is 318 Å². The number of urea groups is 1. The molecular weight excluding hydrogens is 669 g/mol. The highest BCUT2D eigenvalue weighted by Crippen LogP contribution is 2.32. The zero-order valence-electron chi connectivity index (χ0n) is 30.7. The third-order valence-electron chi connectivity index (χ3n) is 10.9. The van der Waals surface area contributed by atoms with Crippen LogP contribution in [-0.2, 0) is 30.7 Å². The molecule has 2 N–H and O–H groups in total. The summed E-state index contributed by atoms with van der Waals surface area (Å²) < 4.78 is 0. The van der Waals surface area contributed by atoms with Crippen LogP contribution in [-0.4, -0.2) is 72.0 Å². The molecule has 3 amide bonds. The van der Waals surface area contributed by atoms with Crippen molar-refractivity contribution in [3.05, 3.63) is 168 Å². The second-order valence-electron chi connectivity index (χ2n) is 14.7. The number of para-hydroxylation sites is 3. The maximum absolute atomic E-state index is 15.1. The Kier molecular flexibility index (Phi) is 10.7. The third kappa shape index (κ3) is 8.19. The smallest absolute Gasteiger partial charge is 0.318 e. The minimum Gasteiger partial charge on any atom is -0.368 e. The van der Waals surface area contributed by atoms with Gasteiger partial charge in [0.2, 0.25) is 5.91 Å². The highest BCUT2D eigenvalue weighted by molar-refractivity contribution is 6.00. The molecule has 1 saturated heterocycles. The van der Waals surface area contributed by atoms with Gasteiger partial charge in [-0.3, -0.25) is 9.69 Å². The minimum absolute atomic E-state index is 0.0774. The average Bonchev–Trinajstić information content (AvgIpc) is 3.63. The number of H-pyrrole nitrogens is 1. The van der Waals surface area contributed by atoms with E-state index < -0.39 is 6.04 Å². The van der Waals surface area contributed by atoms with E-state index in [1.807, 2.05) is 58.5 Å². The molecule has 2 aliphatic heterocycles. The Morgan fingerprint density at radius 1 is 0.722 bits per heavy atom. The Bertz CT molecular complexity index is 2100. The third-order valence-corrected chi connectivity index (χ3v) is 10.9. The van der Waals surface area contributed by atoms with Gasteiger partial charge in [0, 0.05) is 87.3 Å². The van der Waals surface area contributed by atoms with Crippen LogP contribution in [0.2, 0.25) is 0 Å². The van der Waals surface area contributed by atoms with Gasteiger partial charge in [-0.15, -0.1) is 0 Å². The number of piperazine rings is 1. The van der Waals surface area contributed by atoms with Crippen molar-refractivity contribution in [1.29, 1.82) is 0 Å². The second-order valence-corrected chi connectivity index (χ2v) is 14.7. The van der Waals surface area contributed by atoms with Crippen molar-refractivity contribution in [3.8, 4) is 0 Å². The quantitative estimate of drug-likeness (QED) is 0.146. The van der Waals surface area contributed by atoms with Crippen LogP contribution in [0, 0.1) is 5.92 Å². The maximum atomic E-state index is 15.1. The summed E-state index contributed by atoms with van der Waals surface area (Å²) in [5, 5.41) is 4.31. The summed E-state index contributed by atoms with van der Waals surface area (Å²) in [5.41, 5.74) is 7.82. The van der Waals surface area contributed by atoms with E-state index in [-0.39, 0.29) is 17.9 Å². The molecule has 5 aromatic carbocycles. The summed E-state index contributed by atoms with van der Waals surface area (Å²) in [4.78, 5) is 41.1. The van der Waals surface area contributed by atoms with Crippen LogP contribution in [0.25, 0.3) is 10.9 Å². The summed E-state index contributed by atoms with van der Waals surface area (Å²) in [6.45, 7) is 5.69. The molecule has 2 aliphatic rings. The van der Waals surface area contributed by atoms with E-state index in [9.17, 15) is 4.79 Å². The lowest BCUT2D eigenvalue weighted by Crippen LogP contribution is -2.58. The fourth-order valence-electron chi connectivity index (χ4n) is 8.20. The molecule has 1 unspecified atom stereocenters. The van der Waals surface area contributed by atoms with E-state index in [2.05, 4.69) is 117 Å². The lowest BCUT2D eigenvalue weighted by Gasteiger charge is -2.39. The Hall–Kier alpha value is -5.86. The predicted molar refractivity (Wildman–Crippen MR) is 218 cm³/mol. The summed E-state index contributed by atoms with van der Waals surface area (Å²) in [6.07, 6.45) is 3.25. The van der Waals surface area contributed by atoms with Crippen LogP contribution in [0.3, 0.4) is 0 Å². The van der Waals surface area contributed by atoms with Crippen molar-refractivity contribution in [2.45, 2.75) is 32.0 Å². The molecule has 1 fully saturated rings. The number of carbonyl (C=O) groups is 2. The molecule has 6 aromatic rings. The number of amides is 3. The van der Waals surface area contributed by atoms with Crippen molar-refractivity contribution >= 4 is 34.2 Å². The number of fused-ring (bicyclic) bond motifs is 2. The molecule has 54 heavy (non-hydrogen) atoms. The van der Waals surface area contributed by atoms with E-state index in [0.717, 1.165) is 72.5 Å². The summed E-state index contributed by atoms with van der Waals surface area (Å²) >= 11 is 0. The zero-order valence-corrected chi connectivity index (χ0v) is 30.7. The number of hydrogen-bond donors (Lipinski definition) is 2. The zero-order chi connectivity index (χ0) is 36.7. The average molecular weight is 717 g/mol. The SMILES string of the molecule is O=C(NC(Cc1c[nH]c2ccccc12)C(=O)N1C[C@H](CN(Cc2ccccc2)Cc2ccccc2)Cc2ccccc21)N1CCN(c2ccccc2)CC1. The number of carbonyl (C=O) groups excluding carboxylic acids is 2. The Morgan fingerprint density at radius 3 is 2.04 bits per heavy atom. The maximum Gasteiger partial charge on any atom is 0.318 e. The van der Waals surface area contributed by atoms with Gasteiger partial charge >= 0.3 is 6.03 Å². The lowest BCUT2D eigenvalue weighted by molar-refractivity contribution is -0.120. The molecular formula is C46H48N6O2. The van der Waals surface area contributed by atoms with E-state index in [1.165, 1.54) is 11.1 Å². The fraction of sp³-hybridized carbons (Fsp3) is 0.261. The topological polar surface area (TPSA) is 74.9 Å². The number of hydrogen-bond acceptors (Lipinski definition) is 4. The summed E-state index contributed by atoms with van der Waals surface area (Å²) in [7, 11) is 0. The van der Waals surface area contributed by atoms with E-state index in [4.69, 9.17) is 0 Å². The molecule has 0 aliphatic carbocycles. The van der Waals surface area contributed by atoms with Gasteiger partial charge in [0.25, 0.3) is 0 Å². The summed E-state index contributed by atoms with van der Waals surface area (Å²) in [6, 6.07) is 47.0. The number of rotatable bonds is 11. The number of nitrogens with zero attached hydrogens (tertiary/aromatic N) is 4. The first-order valence-corrected chi connectivity index (χ1v) is 19.2. The predicted octanol–water partition coefficient (Wildman–Crippen LogP) is 7.52. The monoisotopic (exact) mass is 716 g/mol. The van der Waals surface area contributed by atoms with Crippen LogP contribution < -0.4 is 15.1 Å². The molecule has 3 heterocycles. The molecule has 2 atom stereocenters. The van der Waals surface area contributed by atoms with Gasteiger partial charge in [-0.1, -0.05) is 115 Å². The molecule has 0 saturated carbocycles. The van der Waals surface area contributed by atoms with E-state index >= 15 is 4.79 Å². The molecule has 8 heteroatoms. The van der Waals surface area contributed by atoms with Gasteiger partial charge in [-0.25, -0.2) is 4.79 Å². The Morgan fingerprint density at radius 2 is 1.33 bits per heavy atom. The molecule has 274 valence electrons. The first kappa shape index (κ1) is 35.2. The molecule has 8 rings (SSSR count). The van der Waals surface area contributed by atoms with E-state index in [1.54, 1.807) is 0 Å². The molecule has 0 radical (unpaired) electrons. The van der Waals surface area contributed by atoms with Gasteiger partial charge in [0.1, 0.15) is 6.04 Å². The molecule has 0 bridgehead atoms. The summed E-state index contributed by atoms with van der Waals surface area (Å²) in [5.74, 6) is 0.123. The Balaban J connectivity index is 1.04. The fourth-order valence-corrected chi connectivity index (χ4v) is 8.20. The largest absolute Gasteiger partial charge is 0.368 e. The van der Waals surface area contributed by atoms with Gasteiger partial charge in [0.05, 0.1) is 0 Å². The number of nitrogens with one attached hydrogen (secondary N) is 2. The van der Waals surface area contributed by atoms with Crippen LogP contribution in [0.1, 0.15) is 22.3 Å². The number of anilines is 2. The van der Waals surface area contributed by atoms with Crippen molar-refractivity contribution in [1.82, 2.24) is 20.1 Å². The number of benzene rings is 5. The minimum atomic E-state index is -0.750. The normalized spacial score (nSPS) is 16.3. The molecule has 8 nitrogen and oxygen atoms in total. The standard InChI is InChI=1S/C46H48N6O2/c53-45(43(29-39-30-47-42-22-12-11-21-41(39)42)48-46(54)51-26-24-50(25-27-51)40-19-8-3-9-20-40)52-34-37(28-38-18-10-13-23-44(38)52)33-49(31-35-14-4-1-5-15-35)32-36-16-6-2-7-17-36/h1-23,30,37,43,47H,24-29,31-34H2,(H,48,54)/t37-,43?/m0/s1. The lowest BCUT2D eigenvalue weighted by atomic mass is 9.90. The van der Waals surface area contributed by atoms with Gasteiger partial charge in [-0.05, 0) is 58.9 Å². The van der Waals surface area contributed by atoms with E-state index in [0.29, 0.717) is 26.1 Å². The van der Waals surface area contributed by atoms with Crippen molar-refractivity contribution in [2.75, 3.05) is 49.1 Å². The highest BCUT2D eigenvalue weighted by Gasteiger charge is 2.35. The van der Waals surface area contributed by atoms with Crippen LogP contribution in [0.4, 0.5) is 16.2 Å². The number of aromatic amines is 1. The van der Waals surface area contributed by atoms with Gasteiger partial charge < -0.3 is 25.0 Å².